The van der Waals surface area contributed by atoms with Crippen LogP contribution < -0.4 is 9.47 Å². The van der Waals surface area contributed by atoms with E-state index in [0.29, 0.717) is 43.2 Å². The number of amides is 1. The van der Waals surface area contributed by atoms with E-state index in [9.17, 15) is 4.79 Å². The lowest BCUT2D eigenvalue weighted by Gasteiger charge is -2.22. The predicted octanol–water partition coefficient (Wildman–Crippen LogP) is 2.74. The molecular weight excluding hydrogens is 370 g/mol. The zero-order chi connectivity index (χ0) is 21.0. The van der Waals surface area contributed by atoms with E-state index in [1.807, 2.05) is 43.9 Å². The normalized spacial score (nSPS) is 10.9. The fourth-order valence-electron chi connectivity index (χ4n) is 3.48. The lowest BCUT2D eigenvalue weighted by atomic mass is 10.1. The van der Waals surface area contributed by atoms with Gasteiger partial charge in [0.1, 0.15) is 6.33 Å². The van der Waals surface area contributed by atoms with Crippen molar-refractivity contribution in [2.24, 2.45) is 0 Å². The van der Waals surface area contributed by atoms with Gasteiger partial charge in [-0.05, 0) is 50.5 Å². The standard InChI is InChI=1S/C21H27N5O3/c1-6-25(12-16-7-9-18(28-4)19(11-16)29-5)20(27)10-8-17-14(2)24-21-22-13-23-26(21)15(17)3/h7,9,11,13H,6,8,10,12H2,1-5H3. The molecular formula is C21H27N5O3. The summed E-state index contributed by atoms with van der Waals surface area (Å²) in [5.41, 5.74) is 3.90. The maximum Gasteiger partial charge on any atom is 0.252 e. The largest absolute Gasteiger partial charge is 0.493 e. The SMILES string of the molecule is CCN(Cc1ccc(OC)c(OC)c1)C(=O)CCc1c(C)nc2ncnn2c1C. The predicted molar refractivity (Wildman–Crippen MR) is 109 cm³/mol. The summed E-state index contributed by atoms with van der Waals surface area (Å²) >= 11 is 0. The minimum atomic E-state index is 0.0970. The molecule has 29 heavy (non-hydrogen) atoms. The van der Waals surface area contributed by atoms with E-state index in [1.165, 1.54) is 6.33 Å². The van der Waals surface area contributed by atoms with Gasteiger partial charge < -0.3 is 14.4 Å². The Bertz CT molecular complexity index is 1010. The molecule has 0 aliphatic carbocycles. The van der Waals surface area contributed by atoms with Crippen LogP contribution in [0.1, 0.15) is 35.9 Å². The van der Waals surface area contributed by atoms with Gasteiger partial charge in [-0.3, -0.25) is 4.79 Å². The number of nitrogens with zero attached hydrogens (tertiary/aromatic N) is 5. The fourth-order valence-corrected chi connectivity index (χ4v) is 3.48. The summed E-state index contributed by atoms with van der Waals surface area (Å²) in [6, 6.07) is 5.72. The smallest absolute Gasteiger partial charge is 0.252 e. The average molecular weight is 397 g/mol. The summed E-state index contributed by atoms with van der Waals surface area (Å²) in [5, 5.41) is 4.21. The van der Waals surface area contributed by atoms with E-state index in [4.69, 9.17) is 9.47 Å². The number of aryl methyl sites for hydroxylation is 2. The summed E-state index contributed by atoms with van der Waals surface area (Å²) in [6.45, 7) is 7.07. The molecule has 0 radical (unpaired) electrons. The van der Waals surface area contributed by atoms with E-state index in [-0.39, 0.29) is 5.91 Å². The summed E-state index contributed by atoms with van der Waals surface area (Å²) in [5.74, 6) is 2.01. The molecule has 0 saturated heterocycles. The molecule has 0 atom stereocenters. The van der Waals surface area contributed by atoms with Gasteiger partial charge in [-0.2, -0.15) is 10.1 Å². The molecule has 3 aromatic rings. The minimum Gasteiger partial charge on any atom is -0.493 e. The third-order valence-corrected chi connectivity index (χ3v) is 5.13. The van der Waals surface area contributed by atoms with Gasteiger partial charge in [-0.1, -0.05) is 6.07 Å². The molecule has 0 aliphatic rings. The Labute approximate surface area is 170 Å². The molecule has 0 bridgehead atoms. The van der Waals surface area contributed by atoms with Gasteiger partial charge >= 0.3 is 0 Å². The van der Waals surface area contributed by atoms with Crippen molar-refractivity contribution in [1.82, 2.24) is 24.5 Å². The maximum atomic E-state index is 12.9. The Morgan fingerprint density at radius 1 is 1.17 bits per heavy atom. The summed E-state index contributed by atoms with van der Waals surface area (Å²) in [6.07, 6.45) is 2.51. The molecule has 2 heterocycles. The van der Waals surface area contributed by atoms with Crippen LogP contribution in [0.15, 0.2) is 24.5 Å². The van der Waals surface area contributed by atoms with Crippen molar-refractivity contribution in [3.63, 3.8) is 0 Å². The second-order valence-electron chi connectivity index (χ2n) is 6.83. The van der Waals surface area contributed by atoms with Gasteiger partial charge in [0, 0.05) is 30.9 Å². The number of hydrogen-bond donors (Lipinski definition) is 0. The lowest BCUT2D eigenvalue weighted by molar-refractivity contribution is -0.131. The highest BCUT2D eigenvalue weighted by Gasteiger charge is 2.17. The highest BCUT2D eigenvalue weighted by atomic mass is 16.5. The summed E-state index contributed by atoms with van der Waals surface area (Å²) < 4.78 is 12.4. The monoisotopic (exact) mass is 397 g/mol. The summed E-state index contributed by atoms with van der Waals surface area (Å²) in [4.78, 5) is 23.3. The maximum absolute atomic E-state index is 12.9. The molecule has 0 unspecified atom stereocenters. The fraction of sp³-hybridized carbons (Fsp3) is 0.429. The number of methoxy groups -OCH3 is 2. The quantitative estimate of drug-likeness (QED) is 0.581. The van der Waals surface area contributed by atoms with Gasteiger partial charge in [0.15, 0.2) is 11.5 Å². The van der Waals surface area contributed by atoms with Gasteiger partial charge in [-0.15, -0.1) is 0 Å². The first-order valence-electron chi connectivity index (χ1n) is 9.63. The van der Waals surface area contributed by atoms with Crippen molar-refractivity contribution in [3.05, 3.63) is 47.0 Å². The van der Waals surface area contributed by atoms with Crippen molar-refractivity contribution >= 4 is 11.7 Å². The number of benzene rings is 1. The van der Waals surface area contributed by atoms with E-state index >= 15 is 0 Å². The summed E-state index contributed by atoms with van der Waals surface area (Å²) in [7, 11) is 3.21. The molecule has 0 saturated carbocycles. The van der Waals surface area contributed by atoms with Crippen LogP contribution in [0.2, 0.25) is 0 Å². The minimum absolute atomic E-state index is 0.0970. The number of carbonyl (C=O) groups is 1. The van der Waals surface area contributed by atoms with Gasteiger partial charge in [0.25, 0.3) is 5.78 Å². The molecule has 3 rings (SSSR count). The van der Waals surface area contributed by atoms with Crippen LogP contribution in [0.5, 0.6) is 11.5 Å². The van der Waals surface area contributed by atoms with Crippen LogP contribution >= 0.6 is 0 Å². The number of hydrogen-bond acceptors (Lipinski definition) is 6. The van der Waals surface area contributed by atoms with Gasteiger partial charge in [0.2, 0.25) is 5.91 Å². The van der Waals surface area contributed by atoms with Crippen LogP contribution in [-0.4, -0.2) is 51.2 Å². The molecule has 0 aliphatic heterocycles. The number of fused-ring (bicyclic) bond motifs is 1. The van der Waals surface area contributed by atoms with Crippen LogP contribution in [0, 0.1) is 13.8 Å². The molecule has 1 amide bonds. The lowest BCUT2D eigenvalue weighted by Crippen LogP contribution is -2.30. The molecule has 154 valence electrons. The van der Waals surface area contributed by atoms with Gasteiger partial charge in [-0.25, -0.2) is 9.50 Å². The molecule has 0 spiro atoms. The van der Waals surface area contributed by atoms with Crippen LogP contribution in [-0.2, 0) is 17.8 Å². The highest BCUT2D eigenvalue weighted by Crippen LogP contribution is 2.28. The van der Waals surface area contributed by atoms with Crippen LogP contribution in [0.4, 0.5) is 0 Å². The first kappa shape index (κ1) is 20.6. The highest BCUT2D eigenvalue weighted by molar-refractivity contribution is 5.76. The van der Waals surface area contributed by atoms with E-state index in [2.05, 4.69) is 15.1 Å². The Kier molecular flexibility index (Phi) is 6.31. The van der Waals surface area contributed by atoms with E-state index in [0.717, 1.165) is 22.5 Å². The van der Waals surface area contributed by atoms with Crippen molar-refractivity contribution < 1.29 is 14.3 Å². The molecule has 2 aromatic heterocycles. The molecule has 8 heteroatoms. The number of rotatable bonds is 8. The van der Waals surface area contributed by atoms with E-state index < -0.39 is 0 Å². The van der Waals surface area contributed by atoms with Crippen molar-refractivity contribution in [1.29, 1.82) is 0 Å². The van der Waals surface area contributed by atoms with Crippen molar-refractivity contribution in [3.8, 4) is 11.5 Å². The Morgan fingerprint density at radius 3 is 2.62 bits per heavy atom. The molecule has 0 N–H and O–H groups in total. The first-order valence-corrected chi connectivity index (χ1v) is 9.63. The third kappa shape index (κ3) is 4.31. The topological polar surface area (TPSA) is 81.9 Å². The van der Waals surface area contributed by atoms with E-state index in [1.54, 1.807) is 18.7 Å². The second kappa shape index (κ2) is 8.89. The first-order chi connectivity index (χ1) is 14.0. The van der Waals surface area contributed by atoms with Gasteiger partial charge in [0.05, 0.1) is 14.2 Å². The number of ether oxygens (including phenoxy) is 2. The molecule has 8 nitrogen and oxygen atoms in total. The molecule has 0 fully saturated rings. The van der Waals surface area contributed by atoms with Crippen LogP contribution in [0.25, 0.3) is 5.78 Å². The zero-order valence-corrected chi connectivity index (χ0v) is 17.6. The van der Waals surface area contributed by atoms with Crippen molar-refractivity contribution in [2.45, 2.75) is 40.2 Å². The Balaban J connectivity index is 1.71. The molecule has 1 aromatic carbocycles. The zero-order valence-electron chi connectivity index (χ0n) is 17.6. The third-order valence-electron chi connectivity index (χ3n) is 5.13. The number of carbonyl (C=O) groups excluding carboxylic acids is 1. The second-order valence-corrected chi connectivity index (χ2v) is 6.83. The van der Waals surface area contributed by atoms with Crippen molar-refractivity contribution in [2.75, 3.05) is 20.8 Å². The number of aromatic nitrogens is 4. The Hall–Kier alpha value is -3.16. The van der Waals surface area contributed by atoms with Crippen LogP contribution in [0.3, 0.4) is 0 Å². The average Bonchev–Trinajstić information content (AvgIpc) is 3.19. The Morgan fingerprint density at radius 2 is 1.93 bits per heavy atom.